The predicted molar refractivity (Wildman–Crippen MR) is 74.1 cm³/mol. The van der Waals surface area contributed by atoms with Gasteiger partial charge in [-0.15, -0.1) is 0 Å². The first-order valence-corrected chi connectivity index (χ1v) is 6.80. The Morgan fingerprint density at radius 3 is 2.16 bits per heavy atom. The highest BCUT2D eigenvalue weighted by molar-refractivity contribution is 6.17. The molecule has 0 rings (SSSR count). The molecule has 0 bridgehead atoms. The van der Waals surface area contributed by atoms with E-state index in [-0.39, 0.29) is 12.0 Å². The molecule has 19 heavy (non-hydrogen) atoms. The van der Waals surface area contributed by atoms with Crippen LogP contribution in [0.5, 0.6) is 0 Å². The van der Waals surface area contributed by atoms with E-state index in [2.05, 4.69) is 0 Å². The van der Waals surface area contributed by atoms with Gasteiger partial charge in [-0.25, -0.2) is 9.59 Å². The van der Waals surface area contributed by atoms with Crippen LogP contribution in [0.25, 0.3) is 0 Å². The highest BCUT2D eigenvalue weighted by atomic mass is 35.5. The third-order valence-corrected chi connectivity index (χ3v) is 2.42. The van der Waals surface area contributed by atoms with E-state index in [0.717, 1.165) is 0 Å². The van der Waals surface area contributed by atoms with Gasteiger partial charge in [-0.3, -0.25) is 4.90 Å². The van der Waals surface area contributed by atoms with Gasteiger partial charge in [0.2, 0.25) is 0 Å². The topological polar surface area (TPSA) is 55.8 Å². The van der Waals surface area contributed by atoms with Crippen LogP contribution in [0, 0.1) is 5.92 Å². The number of rotatable bonds is 5. The fourth-order valence-electron chi connectivity index (χ4n) is 1.47. The largest absolute Gasteiger partial charge is 0.448 e. The number of hydrogen-bond acceptors (Lipinski definition) is 4. The Kier molecular flexibility index (Phi) is 7.19. The molecule has 0 radical (unpaired) electrons. The molecule has 0 saturated heterocycles. The van der Waals surface area contributed by atoms with Gasteiger partial charge < -0.3 is 9.47 Å². The highest BCUT2D eigenvalue weighted by Crippen LogP contribution is 2.16. The molecule has 0 fully saturated rings. The Balaban J connectivity index is 4.84. The van der Waals surface area contributed by atoms with E-state index in [1.807, 2.05) is 13.8 Å². The lowest BCUT2D eigenvalue weighted by atomic mass is 10.0. The van der Waals surface area contributed by atoms with Crippen LogP contribution >= 0.6 is 11.6 Å². The molecular formula is C13H24ClNO4. The minimum atomic E-state index is -0.686. The van der Waals surface area contributed by atoms with Crippen molar-refractivity contribution < 1.29 is 19.1 Å². The zero-order valence-corrected chi connectivity index (χ0v) is 13.3. The minimum absolute atomic E-state index is 0.227. The van der Waals surface area contributed by atoms with Crippen molar-refractivity contribution in [3.8, 4) is 0 Å². The number of amides is 1. The van der Waals surface area contributed by atoms with Crippen LogP contribution in [0.2, 0.25) is 0 Å². The van der Waals surface area contributed by atoms with Crippen LogP contribution < -0.4 is 0 Å². The van der Waals surface area contributed by atoms with E-state index < -0.39 is 23.7 Å². The number of carbonyl (C=O) groups excluding carboxylic acids is 2. The van der Waals surface area contributed by atoms with Gasteiger partial charge in [-0.2, -0.15) is 0 Å². The van der Waals surface area contributed by atoms with Crippen LogP contribution in [0.4, 0.5) is 4.79 Å². The van der Waals surface area contributed by atoms with Crippen LogP contribution in [-0.4, -0.2) is 41.7 Å². The van der Waals surface area contributed by atoms with E-state index in [4.69, 9.17) is 21.1 Å². The number of hydrogen-bond donors (Lipinski definition) is 0. The number of esters is 1. The second-order valence-corrected chi connectivity index (χ2v) is 6.03. The van der Waals surface area contributed by atoms with E-state index in [1.165, 1.54) is 11.9 Å². The zero-order chi connectivity index (χ0) is 15.2. The number of likely N-dealkylation sites (N-methyl/N-ethyl adjacent to an activating group) is 1. The predicted octanol–water partition coefficient (Wildman–Crippen LogP) is 3.01. The Labute approximate surface area is 120 Å². The Morgan fingerprint density at radius 2 is 1.79 bits per heavy atom. The van der Waals surface area contributed by atoms with Gasteiger partial charge in [0.15, 0.2) is 6.07 Å². The Morgan fingerprint density at radius 1 is 1.26 bits per heavy atom. The number of ether oxygens (including phenoxy) is 2. The first kappa shape index (κ1) is 18.0. The maximum atomic E-state index is 12.0. The van der Waals surface area contributed by atoms with Crippen LogP contribution in [0.15, 0.2) is 0 Å². The molecule has 1 unspecified atom stereocenters. The second-order valence-electron chi connectivity index (χ2n) is 5.81. The Hall–Kier alpha value is -0.970. The summed E-state index contributed by atoms with van der Waals surface area (Å²) in [6, 6.07) is -0.913. The molecule has 1 amide bonds. The minimum Gasteiger partial charge on any atom is -0.448 e. The molecule has 0 saturated carbocycles. The molecule has 0 aromatic carbocycles. The van der Waals surface area contributed by atoms with E-state index in [9.17, 15) is 9.59 Å². The fraction of sp³-hybridized carbons (Fsp3) is 0.846. The van der Waals surface area contributed by atoms with Crippen molar-refractivity contribution in [3.05, 3.63) is 0 Å². The summed E-state index contributed by atoms with van der Waals surface area (Å²) in [7, 11) is 1.52. The molecule has 0 aromatic rings. The lowest BCUT2D eigenvalue weighted by Gasteiger charge is -2.30. The Bertz CT molecular complexity index is 312. The van der Waals surface area contributed by atoms with Crippen LogP contribution in [-0.2, 0) is 14.3 Å². The van der Waals surface area contributed by atoms with Gasteiger partial charge in [0.25, 0.3) is 0 Å². The molecule has 0 aromatic heterocycles. The van der Waals surface area contributed by atoms with E-state index in [0.29, 0.717) is 6.42 Å². The summed E-state index contributed by atoms with van der Waals surface area (Å²) in [5, 5.41) is 0. The molecule has 5 nitrogen and oxygen atoms in total. The third-order valence-electron chi connectivity index (χ3n) is 2.31. The molecular weight excluding hydrogens is 270 g/mol. The number of nitrogens with zero attached hydrogens (tertiary/aromatic N) is 1. The normalized spacial score (nSPS) is 13.1. The van der Waals surface area contributed by atoms with Crippen molar-refractivity contribution in [2.45, 2.75) is 52.7 Å². The van der Waals surface area contributed by atoms with Gasteiger partial charge in [0.1, 0.15) is 11.6 Å². The average Bonchev–Trinajstić information content (AvgIpc) is 2.22. The zero-order valence-electron chi connectivity index (χ0n) is 12.5. The maximum absolute atomic E-state index is 12.0. The van der Waals surface area contributed by atoms with Gasteiger partial charge in [-0.05, 0) is 33.1 Å². The SMILES string of the molecule is CC(C)CC(C(=O)OCCl)N(C)C(=O)OC(C)(C)C. The van der Waals surface area contributed by atoms with Crippen LogP contribution in [0.1, 0.15) is 41.0 Å². The first-order chi connectivity index (χ1) is 8.58. The standard InChI is InChI=1S/C13H24ClNO4/c1-9(2)7-10(11(16)18-8-14)15(6)12(17)19-13(3,4)5/h9-10H,7-8H2,1-6H3. The molecule has 1 atom stereocenters. The molecule has 6 heteroatoms. The van der Waals surface area contributed by atoms with Crippen molar-refractivity contribution in [1.82, 2.24) is 4.90 Å². The second kappa shape index (κ2) is 7.58. The molecule has 112 valence electrons. The van der Waals surface area contributed by atoms with Gasteiger partial charge in [0, 0.05) is 7.05 Å². The van der Waals surface area contributed by atoms with Crippen LogP contribution in [0.3, 0.4) is 0 Å². The summed E-state index contributed by atoms with van der Waals surface area (Å²) in [4.78, 5) is 25.1. The van der Waals surface area contributed by atoms with Gasteiger partial charge in [-0.1, -0.05) is 25.4 Å². The fourth-order valence-corrected chi connectivity index (χ4v) is 1.58. The maximum Gasteiger partial charge on any atom is 0.410 e. The number of halogens is 1. The summed E-state index contributed by atoms with van der Waals surface area (Å²) in [6.45, 7) is 9.24. The average molecular weight is 294 g/mol. The molecule has 0 N–H and O–H groups in total. The quantitative estimate of drug-likeness (QED) is 0.577. The summed E-state index contributed by atoms with van der Waals surface area (Å²) >= 11 is 5.39. The lowest BCUT2D eigenvalue weighted by molar-refractivity contribution is -0.147. The number of carbonyl (C=O) groups is 2. The van der Waals surface area contributed by atoms with E-state index in [1.54, 1.807) is 20.8 Å². The monoisotopic (exact) mass is 293 g/mol. The highest BCUT2D eigenvalue weighted by Gasteiger charge is 2.31. The molecule has 0 aliphatic heterocycles. The van der Waals surface area contributed by atoms with Crippen molar-refractivity contribution >= 4 is 23.7 Å². The molecule has 0 heterocycles. The van der Waals surface area contributed by atoms with Crippen molar-refractivity contribution in [3.63, 3.8) is 0 Å². The van der Waals surface area contributed by atoms with Gasteiger partial charge in [0.05, 0.1) is 0 Å². The summed E-state index contributed by atoms with van der Waals surface area (Å²) in [6.07, 6.45) is -0.0597. The summed E-state index contributed by atoms with van der Waals surface area (Å²) in [5.41, 5.74) is -0.607. The lowest BCUT2D eigenvalue weighted by Crippen LogP contribution is -2.46. The molecule has 0 spiro atoms. The molecule has 0 aliphatic rings. The van der Waals surface area contributed by atoms with Crippen molar-refractivity contribution in [1.29, 1.82) is 0 Å². The molecule has 0 aliphatic carbocycles. The summed E-state index contributed by atoms with van der Waals surface area (Å²) < 4.78 is 10.0. The third kappa shape index (κ3) is 7.25. The van der Waals surface area contributed by atoms with Gasteiger partial charge >= 0.3 is 12.1 Å². The first-order valence-electron chi connectivity index (χ1n) is 6.27. The van der Waals surface area contributed by atoms with E-state index >= 15 is 0 Å². The summed E-state index contributed by atoms with van der Waals surface area (Å²) in [5.74, 6) is -0.283. The number of alkyl halides is 1. The van der Waals surface area contributed by atoms with Crippen molar-refractivity contribution in [2.75, 3.05) is 13.1 Å². The van der Waals surface area contributed by atoms with Crippen molar-refractivity contribution in [2.24, 2.45) is 5.92 Å². The smallest absolute Gasteiger partial charge is 0.410 e.